The van der Waals surface area contributed by atoms with Crippen LogP contribution in [0.2, 0.25) is 0 Å². The highest BCUT2D eigenvalue weighted by Gasteiger charge is 2.24. The first kappa shape index (κ1) is 7.97. The standard InChI is InChI=1S/C11H13N3/c1-7-5-6-9-11(13-14-12-9)10(7)8-3-2-4-8/h5-6,8H,2-4H2,1H3,(H,12,13,14). The van der Waals surface area contributed by atoms with Gasteiger partial charge in [0.2, 0.25) is 0 Å². The van der Waals surface area contributed by atoms with Crippen LogP contribution >= 0.6 is 0 Å². The van der Waals surface area contributed by atoms with Crippen LogP contribution in [0.15, 0.2) is 12.1 Å². The van der Waals surface area contributed by atoms with Crippen molar-refractivity contribution in [2.75, 3.05) is 0 Å². The summed E-state index contributed by atoms with van der Waals surface area (Å²) in [5, 5.41) is 11.1. The van der Waals surface area contributed by atoms with Gasteiger partial charge in [0.15, 0.2) is 0 Å². The lowest BCUT2D eigenvalue weighted by Crippen LogP contribution is -2.10. The monoisotopic (exact) mass is 187 g/mol. The maximum Gasteiger partial charge on any atom is 0.116 e. The third-order valence-corrected chi connectivity index (χ3v) is 3.26. The van der Waals surface area contributed by atoms with E-state index in [2.05, 4.69) is 28.4 Å². The highest BCUT2D eigenvalue weighted by Crippen LogP contribution is 2.40. The van der Waals surface area contributed by atoms with E-state index in [1.165, 1.54) is 30.4 Å². The van der Waals surface area contributed by atoms with Gasteiger partial charge in [0.05, 0.1) is 0 Å². The van der Waals surface area contributed by atoms with Crippen molar-refractivity contribution in [2.24, 2.45) is 0 Å². The van der Waals surface area contributed by atoms with Crippen molar-refractivity contribution >= 4 is 11.0 Å². The molecule has 0 radical (unpaired) electrons. The van der Waals surface area contributed by atoms with E-state index >= 15 is 0 Å². The molecule has 3 nitrogen and oxygen atoms in total. The number of H-pyrrole nitrogens is 1. The van der Waals surface area contributed by atoms with Crippen molar-refractivity contribution in [3.8, 4) is 0 Å². The fourth-order valence-corrected chi connectivity index (χ4v) is 2.25. The molecule has 72 valence electrons. The smallest absolute Gasteiger partial charge is 0.116 e. The first-order chi connectivity index (χ1) is 6.86. The quantitative estimate of drug-likeness (QED) is 0.745. The number of nitrogens with one attached hydrogen (secondary N) is 1. The number of aryl methyl sites for hydroxylation is 1. The average molecular weight is 187 g/mol. The largest absolute Gasteiger partial charge is 0.197 e. The fourth-order valence-electron chi connectivity index (χ4n) is 2.25. The van der Waals surface area contributed by atoms with Crippen LogP contribution in [0.3, 0.4) is 0 Å². The molecule has 1 aromatic heterocycles. The molecule has 1 aromatic carbocycles. The van der Waals surface area contributed by atoms with Crippen LogP contribution in [0.4, 0.5) is 0 Å². The second kappa shape index (κ2) is 2.80. The van der Waals surface area contributed by atoms with Crippen molar-refractivity contribution in [2.45, 2.75) is 32.1 Å². The Morgan fingerprint density at radius 1 is 1.29 bits per heavy atom. The lowest BCUT2D eigenvalue weighted by molar-refractivity contribution is 0.420. The van der Waals surface area contributed by atoms with Gasteiger partial charge in [-0.1, -0.05) is 12.5 Å². The van der Waals surface area contributed by atoms with Crippen LogP contribution in [-0.2, 0) is 0 Å². The van der Waals surface area contributed by atoms with E-state index in [4.69, 9.17) is 0 Å². The summed E-state index contributed by atoms with van der Waals surface area (Å²) in [5.41, 5.74) is 4.85. The molecule has 0 spiro atoms. The molecular formula is C11H13N3. The lowest BCUT2D eigenvalue weighted by atomic mass is 9.78. The van der Waals surface area contributed by atoms with Gasteiger partial charge in [0, 0.05) is 0 Å². The summed E-state index contributed by atoms with van der Waals surface area (Å²) in [5.74, 6) is 0.726. The number of benzene rings is 1. The minimum atomic E-state index is 0.726. The van der Waals surface area contributed by atoms with Crippen molar-refractivity contribution in [3.05, 3.63) is 23.3 Å². The molecule has 0 amide bonds. The molecule has 0 bridgehead atoms. The van der Waals surface area contributed by atoms with Gasteiger partial charge in [-0.15, -0.1) is 0 Å². The predicted molar refractivity (Wildman–Crippen MR) is 55.2 cm³/mol. The van der Waals surface area contributed by atoms with Crippen molar-refractivity contribution in [1.29, 1.82) is 0 Å². The molecule has 0 atom stereocenters. The van der Waals surface area contributed by atoms with E-state index in [1.807, 2.05) is 6.07 Å². The maximum absolute atomic E-state index is 4.25. The third-order valence-electron chi connectivity index (χ3n) is 3.26. The summed E-state index contributed by atoms with van der Waals surface area (Å²) in [7, 11) is 0. The van der Waals surface area contributed by atoms with E-state index in [-0.39, 0.29) is 0 Å². The maximum atomic E-state index is 4.25. The normalized spacial score (nSPS) is 17.2. The van der Waals surface area contributed by atoms with Crippen LogP contribution in [-0.4, -0.2) is 15.4 Å². The fraction of sp³-hybridized carbons (Fsp3) is 0.455. The second-order valence-corrected chi connectivity index (χ2v) is 4.12. The Hall–Kier alpha value is -1.38. The number of aromatic nitrogens is 3. The molecule has 0 saturated heterocycles. The minimum absolute atomic E-state index is 0.726. The van der Waals surface area contributed by atoms with Crippen LogP contribution in [0, 0.1) is 6.92 Å². The van der Waals surface area contributed by atoms with Gasteiger partial charge in [-0.2, -0.15) is 15.4 Å². The summed E-state index contributed by atoms with van der Waals surface area (Å²) >= 11 is 0. The first-order valence-electron chi connectivity index (χ1n) is 5.16. The van der Waals surface area contributed by atoms with E-state index in [1.54, 1.807) is 0 Å². The third kappa shape index (κ3) is 0.983. The zero-order chi connectivity index (χ0) is 9.54. The SMILES string of the molecule is Cc1ccc2n[nH]nc2c1C1CCC1. The van der Waals surface area contributed by atoms with Gasteiger partial charge in [0.25, 0.3) is 0 Å². The van der Waals surface area contributed by atoms with Crippen LogP contribution in [0.5, 0.6) is 0 Å². The Balaban J connectivity index is 2.26. The van der Waals surface area contributed by atoms with Crippen molar-refractivity contribution < 1.29 is 0 Å². The van der Waals surface area contributed by atoms with Gasteiger partial charge in [-0.25, -0.2) is 0 Å². The number of aromatic amines is 1. The molecule has 1 fully saturated rings. The highest BCUT2D eigenvalue weighted by atomic mass is 15.3. The molecule has 1 saturated carbocycles. The number of rotatable bonds is 1. The Bertz CT molecular complexity index is 468. The lowest BCUT2D eigenvalue weighted by Gasteiger charge is -2.27. The summed E-state index contributed by atoms with van der Waals surface area (Å²) in [6.07, 6.45) is 3.98. The summed E-state index contributed by atoms with van der Waals surface area (Å²) < 4.78 is 0. The molecule has 1 heterocycles. The van der Waals surface area contributed by atoms with Crippen LogP contribution < -0.4 is 0 Å². The van der Waals surface area contributed by atoms with Gasteiger partial charge in [-0.05, 0) is 42.9 Å². The highest BCUT2D eigenvalue weighted by molar-refractivity contribution is 5.79. The van der Waals surface area contributed by atoms with Gasteiger partial charge >= 0.3 is 0 Å². The summed E-state index contributed by atoms with van der Waals surface area (Å²) in [4.78, 5) is 0. The van der Waals surface area contributed by atoms with E-state index in [0.717, 1.165) is 17.0 Å². The summed E-state index contributed by atoms with van der Waals surface area (Å²) in [6.45, 7) is 2.17. The van der Waals surface area contributed by atoms with Crippen LogP contribution in [0.1, 0.15) is 36.3 Å². The number of hydrogen-bond acceptors (Lipinski definition) is 2. The van der Waals surface area contributed by atoms with E-state index < -0.39 is 0 Å². The van der Waals surface area contributed by atoms with Crippen LogP contribution in [0.25, 0.3) is 11.0 Å². The molecule has 1 N–H and O–H groups in total. The first-order valence-corrected chi connectivity index (χ1v) is 5.16. The van der Waals surface area contributed by atoms with Gasteiger partial charge in [-0.3, -0.25) is 0 Å². The van der Waals surface area contributed by atoms with Gasteiger partial charge in [0.1, 0.15) is 11.0 Å². The zero-order valence-corrected chi connectivity index (χ0v) is 8.25. The molecule has 3 rings (SSSR count). The Kier molecular flexibility index (Phi) is 1.60. The molecule has 0 aliphatic heterocycles. The average Bonchev–Trinajstić information content (AvgIpc) is 2.54. The summed E-state index contributed by atoms with van der Waals surface area (Å²) in [6, 6.07) is 4.19. The number of fused-ring (bicyclic) bond motifs is 1. The molecule has 3 heteroatoms. The second-order valence-electron chi connectivity index (χ2n) is 4.12. The van der Waals surface area contributed by atoms with Crippen molar-refractivity contribution in [1.82, 2.24) is 15.4 Å². The molecule has 2 aromatic rings. The predicted octanol–water partition coefficient (Wildman–Crippen LogP) is 2.53. The molecule has 14 heavy (non-hydrogen) atoms. The van der Waals surface area contributed by atoms with Gasteiger partial charge < -0.3 is 0 Å². The molecular weight excluding hydrogens is 174 g/mol. The van der Waals surface area contributed by atoms with E-state index in [0.29, 0.717) is 0 Å². The van der Waals surface area contributed by atoms with Crippen molar-refractivity contribution in [3.63, 3.8) is 0 Å². The number of hydrogen-bond donors (Lipinski definition) is 1. The minimum Gasteiger partial charge on any atom is -0.197 e. The topological polar surface area (TPSA) is 41.6 Å². The van der Waals surface area contributed by atoms with E-state index in [9.17, 15) is 0 Å². The zero-order valence-electron chi connectivity index (χ0n) is 8.25. The number of nitrogens with zero attached hydrogens (tertiary/aromatic N) is 2. The Morgan fingerprint density at radius 2 is 2.14 bits per heavy atom. The Morgan fingerprint density at radius 3 is 2.86 bits per heavy atom. The molecule has 1 aliphatic rings. The molecule has 0 unspecified atom stereocenters. The Labute approximate surface area is 82.5 Å². The molecule has 1 aliphatic carbocycles.